The predicted octanol–water partition coefficient (Wildman–Crippen LogP) is 6.09. The van der Waals surface area contributed by atoms with E-state index >= 15 is 0 Å². The van der Waals surface area contributed by atoms with Gasteiger partial charge in [-0.15, -0.1) is 0 Å². The van der Waals surface area contributed by atoms with Crippen LogP contribution >= 0.6 is 0 Å². The topological polar surface area (TPSA) is 43.2 Å². The number of imidazole rings is 1. The van der Waals surface area contributed by atoms with Gasteiger partial charge in [0.25, 0.3) is 0 Å². The summed E-state index contributed by atoms with van der Waals surface area (Å²) in [6.45, 7) is 1.67. The van der Waals surface area contributed by atoms with Crippen LogP contribution in [0.2, 0.25) is 0 Å². The number of hydrogen-bond donors (Lipinski definition) is 0. The molecule has 5 aromatic rings. The van der Waals surface area contributed by atoms with Gasteiger partial charge in [0.05, 0.1) is 17.6 Å². The first-order chi connectivity index (χ1) is 16.7. The van der Waals surface area contributed by atoms with Gasteiger partial charge in [-0.2, -0.15) is 0 Å². The maximum atomic E-state index is 5.77. The number of rotatable bonds is 8. The Morgan fingerprint density at radius 3 is 2.24 bits per heavy atom. The van der Waals surface area contributed by atoms with Crippen LogP contribution in [0.3, 0.4) is 0 Å². The molecule has 2 heterocycles. The van der Waals surface area contributed by atoms with E-state index in [1.165, 1.54) is 11.1 Å². The smallest absolute Gasteiger partial charge is 0.213 e. The Bertz CT molecular complexity index is 1360. The van der Waals surface area contributed by atoms with Crippen molar-refractivity contribution < 1.29 is 4.74 Å². The zero-order valence-electron chi connectivity index (χ0n) is 19.6. The van der Waals surface area contributed by atoms with Crippen molar-refractivity contribution in [2.75, 3.05) is 27.2 Å². The van der Waals surface area contributed by atoms with E-state index in [-0.39, 0.29) is 0 Å². The van der Waals surface area contributed by atoms with Crippen molar-refractivity contribution in [1.29, 1.82) is 0 Å². The van der Waals surface area contributed by atoms with Crippen molar-refractivity contribution in [1.82, 2.24) is 19.4 Å². The summed E-state index contributed by atoms with van der Waals surface area (Å²) in [5.74, 6) is 0.659. The van der Waals surface area contributed by atoms with Gasteiger partial charge in [0.15, 0.2) is 0 Å². The van der Waals surface area contributed by atoms with E-state index in [1.807, 2.05) is 24.7 Å². The first-order valence-corrected chi connectivity index (χ1v) is 11.5. The van der Waals surface area contributed by atoms with Crippen molar-refractivity contribution in [3.8, 4) is 33.8 Å². The number of ether oxygens (including phenoxy) is 1. The van der Waals surface area contributed by atoms with Crippen LogP contribution in [0, 0.1) is 0 Å². The second-order valence-electron chi connectivity index (χ2n) is 8.62. The Morgan fingerprint density at radius 1 is 0.765 bits per heavy atom. The van der Waals surface area contributed by atoms with Crippen molar-refractivity contribution >= 4 is 11.0 Å². The number of nitrogens with zero attached hydrogens (tertiary/aromatic N) is 4. The molecule has 0 N–H and O–H groups in total. The van der Waals surface area contributed by atoms with Crippen LogP contribution in [0.15, 0.2) is 97.5 Å². The highest BCUT2D eigenvalue weighted by atomic mass is 16.5. The predicted molar refractivity (Wildman–Crippen MR) is 138 cm³/mol. The van der Waals surface area contributed by atoms with Crippen LogP contribution in [0.4, 0.5) is 0 Å². The first-order valence-electron chi connectivity index (χ1n) is 11.5. The summed E-state index contributed by atoms with van der Waals surface area (Å²) >= 11 is 0. The van der Waals surface area contributed by atoms with Gasteiger partial charge in [-0.3, -0.25) is 4.57 Å². The summed E-state index contributed by atoms with van der Waals surface area (Å²) in [4.78, 5) is 11.3. The molecule has 0 aliphatic rings. The van der Waals surface area contributed by atoms with Gasteiger partial charge in [0.1, 0.15) is 6.33 Å². The lowest BCUT2D eigenvalue weighted by atomic mass is 10.1. The number of pyridine rings is 1. The van der Waals surface area contributed by atoms with Crippen LogP contribution in [-0.2, 0) is 0 Å². The summed E-state index contributed by atoms with van der Waals surface area (Å²) in [6.07, 6.45) is 4.73. The molecule has 0 spiro atoms. The minimum atomic E-state index is 0.659. The zero-order valence-corrected chi connectivity index (χ0v) is 19.6. The van der Waals surface area contributed by atoms with E-state index in [9.17, 15) is 0 Å². The number of aromatic nitrogens is 3. The molecule has 5 heteroatoms. The fourth-order valence-corrected chi connectivity index (χ4v) is 4.03. The summed E-state index contributed by atoms with van der Waals surface area (Å²) < 4.78 is 7.90. The third kappa shape index (κ3) is 4.85. The highest BCUT2D eigenvalue weighted by Crippen LogP contribution is 2.27. The highest BCUT2D eigenvalue weighted by Gasteiger charge is 2.08. The van der Waals surface area contributed by atoms with E-state index in [1.54, 1.807) is 0 Å². The van der Waals surface area contributed by atoms with Gasteiger partial charge in [-0.05, 0) is 67.5 Å². The molecular weight excluding hydrogens is 420 g/mol. The molecule has 0 radical (unpaired) electrons. The monoisotopic (exact) mass is 448 g/mol. The van der Waals surface area contributed by atoms with Gasteiger partial charge in [0, 0.05) is 30.1 Å². The Labute approximate surface area is 200 Å². The minimum Gasteiger partial charge on any atom is -0.478 e. The Balaban J connectivity index is 1.36. The number of fused-ring (bicyclic) bond motifs is 1. The lowest BCUT2D eigenvalue weighted by Crippen LogP contribution is -2.15. The van der Waals surface area contributed by atoms with Gasteiger partial charge in [-0.25, -0.2) is 9.97 Å². The van der Waals surface area contributed by atoms with Gasteiger partial charge >= 0.3 is 0 Å². The van der Waals surface area contributed by atoms with E-state index in [4.69, 9.17) is 4.74 Å². The molecule has 0 fully saturated rings. The fraction of sp³-hybridized carbons (Fsp3) is 0.172. The van der Waals surface area contributed by atoms with Crippen molar-refractivity contribution in [2.45, 2.75) is 6.42 Å². The Hall–Kier alpha value is -3.96. The molecule has 5 rings (SSSR count). The van der Waals surface area contributed by atoms with Crippen LogP contribution in [-0.4, -0.2) is 46.7 Å². The van der Waals surface area contributed by atoms with Crippen LogP contribution in [0.25, 0.3) is 39.0 Å². The third-order valence-corrected chi connectivity index (χ3v) is 5.87. The lowest BCUT2D eigenvalue weighted by molar-refractivity contribution is 0.273. The molecule has 5 nitrogen and oxygen atoms in total. The molecule has 0 saturated carbocycles. The molecule has 0 atom stereocenters. The Morgan fingerprint density at radius 2 is 1.50 bits per heavy atom. The van der Waals surface area contributed by atoms with Gasteiger partial charge in [-0.1, -0.05) is 48.5 Å². The zero-order chi connectivity index (χ0) is 23.3. The van der Waals surface area contributed by atoms with Crippen LogP contribution in [0.1, 0.15) is 6.42 Å². The molecular formula is C29H28N4O. The SMILES string of the molecule is CN(C)CCCOc1ccc(-c2ccc3ncn(-c4ccc(-c5ccccc5)cc4)c3c2)cn1. The molecule has 0 aliphatic carbocycles. The van der Waals surface area contributed by atoms with Crippen molar-refractivity contribution in [3.63, 3.8) is 0 Å². The van der Waals surface area contributed by atoms with E-state index in [2.05, 4.69) is 106 Å². The largest absolute Gasteiger partial charge is 0.478 e. The van der Waals surface area contributed by atoms with Gasteiger partial charge < -0.3 is 9.64 Å². The Kier molecular flexibility index (Phi) is 6.36. The van der Waals surface area contributed by atoms with Crippen molar-refractivity contribution in [2.24, 2.45) is 0 Å². The van der Waals surface area contributed by atoms with E-state index in [0.29, 0.717) is 12.5 Å². The van der Waals surface area contributed by atoms with Crippen LogP contribution in [0.5, 0.6) is 5.88 Å². The lowest BCUT2D eigenvalue weighted by Gasteiger charge is -2.10. The van der Waals surface area contributed by atoms with Crippen molar-refractivity contribution in [3.05, 3.63) is 97.5 Å². The quantitative estimate of drug-likeness (QED) is 0.270. The maximum Gasteiger partial charge on any atom is 0.213 e. The van der Waals surface area contributed by atoms with Crippen LogP contribution < -0.4 is 4.74 Å². The molecule has 170 valence electrons. The average molecular weight is 449 g/mol. The third-order valence-electron chi connectivity index (χ3n) is 5.87. The summed E-state index contributed by atoms with van der Waals surface area (Å²) in [5, 5.41) is 0. The molecule has 0 bridgehead atoms. The summed E-state index contributed by atoms with van der Waals surface area (Å²) in [7, 11) is 4.13. The molecule has 3 aromatic carbocycles. The number of hydrogen-bond acceptors (Lipinski definition) is 4. The molecule has 0 aliphatic heterocycles. The fourth-order valence-electron chi connectivity index (χ4n) is 4.03. The summed E-state index contributed by atoms with van der Waals surface area (Å²) in [5.41, 5.74) is 7.67. The summed E-state index contributed by atoms with van der Waals surface area (Å²) in [6, 6.07) is 29.3. The normalized spacial score (nSPS) is 11.3. The first kappa shape index (κ1) is 21.9. The number of benzene rings is 3. The highest BCUT2D eigenvalue weighted by molar-refractivity contribution is 5.83. The van der Waals surface area contributed by atoms with Gasteiger partial charge in [0.2, 0.25) is 5.88 Å². The molecule has 0 unspecified atom stereocenters. The second-order valence-corrected chi connectivity index (χ2v) is 8.62. The van der Waals surface area contributed by atoms with E-state index < -0.39 is 0 Å². The molecule has 0 saturated heterocycles. The maximum absolute atomic E-state index is 5.77. The second kappa shape index (κ2) is 9.89. The molecule has 2 aromatic heterocycles. The molecule has 34 heavy (non-hydrogen) atoms. The standard InChI is InChI=1S/C29H28N4O/c1-32(2)17-6-18-34-29-16-12-25(20-30-29)24-11-15-27-28(19-24)33(21-31-27)26-13-9-23(10-14-26)22-7-4-3-5-8-22/h3-5,7-16,19-21H,6,17-18H2,1-2H3. The minimum absolute atomic E-state index is 0.659. The average Bonchev–Trinajstić information content (AvgIpc) is 3.31. The molecule has 0 amide bonds. The van der Waals surface area contributed by atoms with E-state index in [0.717, 1.165) is 40.8 Å².